The van der Waals surface area contributed by atoms with E-state index in [1.807, 2.05) is 42.5 Å². The molecule has 4 aliphatic carbocycles. The van der Waals surface area contributed by atoms with Crippen molar-refractivity contribution in [3.8, 4) is 22.3 Å². The summed E-state index contributed by atoms with van der Waals surface area (Å²) in [6.45, 7) is 0. The summed E-state index contributed by atoms with van der Waals surface area (Å²) in [6, 6.07) is 30.7. The van der Waals surface area contributed by atoms with Crippen molar-refractivity contribution in [2.24, 2.45) is 0 Å². The monoisotopic (exact) mass is 1270 g/mol. The van der Waals surface area contributed by atoms with Crippen LogP contribution >= 0.6 is 0 Å². The summed E-state index contributed by atoms with van der Waals surface area (Å²) in [7, 11) is -0.328. The Bertz CT molecular complexity index is 3320. The van der Waals surface area contributed by atoms with Crippen molar-refractivity contribution in [3.05, 3.63) is 238 Å². The molecule has 0 aromatic heterocycles. The van der Waals surface area contributed by atoms with Gasteiger partial charge in [-0.2, -0.15) is 127 Å². The molecule has 1 nitrogen and oxygen atoms in total. The van der Waals surface area contributed by atoms with Crippen LogP contribution in [-0.4, -0.2) is 17.7 Å². The number of hydrogen-bond acceptors (Lipinski definition) is 1. The third-order valence-electron chi connectivity index (χ3n) is 13.8. The minimum absolute atomic E-state index is 0.186. The van der Waals surface area contributed by atoms with Crippen LogP contribution in [0.3, 0.4) is 0 Å². The molecule has 0 saturated carbocycles. The van der Waals surface area contributed by atoms with Crippen molar-refractivity contribution in [2.75, 3.05) is 5.75 Å². The second-order valence-corrected chi connectivity index (χ2v) is 21.6. The van der Waals surface area contributed by atoms with Gasteiger partial charge >= 0.3 is 49.4 Å². The van der Waals surface area contributed by atoms with Gasteiger partial charge in [-0.15, -0.1) is 0 Å². The van der Waals surface area contributed by atoms with E-state index >= 15 is 0 Å². The zero-order chi connectivity index (χ0) is 64.3. The van der Waals surface area contributed by atoms with Crippen LogP contribution in [-0.2, 0) is 60.3 Å². The molecule has 0 bridgehead atoms. The zero-order valence-corrected chi connectivity index (χ0v) is 43.9. The van der Waals surface area contributed by atoms with Crippen LogP contribution in [0.15, 0.2) is 198 Å². The van der Waals surface area contributed by atoms with Crippen LogP contribution in [0.1, 0.15) is 54.9 Å². The Balaban J connectivity index is 0.000000271. The minimum Gasteiger partial charge on any atom is -0.289 e. The Kier molecular flexibility index (Phi) is 17.3. The molecule has 0 radical (unpaired) electrons. The van der Waals surface area contributed by atoms with Gasteiger partial charge in [-0.05, 0) is 46.5 Å². The number of carbonyl (C=O) groups is 1. The number of ketones is 1. The second-order valence-electron chi connectivity index (χ2n) is 19.6. The van der Waals surface area contributed by atoms with Crippen molar-refractivity contribution < 1.29 is 110 Å². The maximum absolute atomic E-state index is 14.2. The number of rotatable bonds is 9. The number of carbonyl (C=O) groups excluding carboxylic acids is 1. The highest BCUT2D eigenvalue weighted by Gasteiger charge is 2.47. The number of Topliss-reactive ketones (excluding diaryl/α,β-unsaturated/α-hetero) is 1. The molecule has 0 N–H and O–H groups in total. The maximum Gasteiger partial charge on any atom is 0.416 e. The fourth-order valence-electron chi connectivity index (χ4n) is 9.87. The largest absolute Gasteiger partial charge is 0.416 e. The van der Waals surface area contributed by atoms with Crippen LogP contribution in [0.2, 0.25) is 0 Å². The quantitative estimate of drug-likeness (QED) is 0.0609. The van der Waals surface area contributed by atoms with E-state index in [-0.39, 0.29) is 16.7 Å². The first-order valence-electron chi connectivity index (χ1n) is 24.7. The molecule has 4 aliphatic rings. The van der Waals surface area contributed by atoms with Crippen molar-refractivity contribution in [1.29, 1.82) is 0 Å². The lowest BCUT2D eigenvalue weighted by molar-refractivity contribution is -0.144. The van der Waals surface area contributed by atoms with Gasteiger partial charge in [0, 0.05) is 29.8 Å². The molecule has 0 aliphatic heterocycles. The predicted octanol–water partition coefficient (Wildman–Crippen LogP) is 18.0. The van der Waals surface area contributed by atoms with Gasteiger partial charge in [0.15, 0.2) is 15.5 Å². The fraction of sp³-hybridized carbons (Fsp3) is 0.150. The number of halogens is 24. The Morgan fingerprint density at radius 2 is 0.471 bits per heavy atom. The highest BCUT2D eigenvalue weighted by Crippen LogP contribution is 2.43. The predicted molar refractivity (Wildman–Crippen MR) is 276 cm³/mol. The Morgan fingerprint density at radius 3 is 0.667 bits per heavy atom. The first kappa shape index (κ1) is 64.9. The molecule has 5 aromatic carbocycles. The molecule has 0 saturated heterocycles. The van der Waals surface area contributed by atoms with Crippen molar-refractivity contribution in [3.63, 3.8) is 0 Å². The first-order valence-corrected chi connectivity index (χ1v) is 26.1. The number of alkyl halides is 24. The Labute approximate surface area is 478 Å². The van der Waals surface area contributed by atoms with Gasteiger partial charge in [0.1, 0.15) is 6.15 Å². The number of benzene rings is 5. The van der Waals surface area contributed by atoms with Crippen molar-refractivity contribution in [2.45, 2.75) is 59.2 Å². The van der Waals surface area contributed by atoms with Gasteiger partial charge in [-0.1, -0.05) is 140 Å². The van der Waals surface area contributed by atoms with Crippen molar-refractivity contribution >= 4 is 44.7 Å². The molecule has 456 valence electrons. The SMILES string of the molecule is FC(F)(F)c1cc([B-](c2cc(C(F)(F)F)cc(C(F)(F)F)c2)(c2cc(C(F)(F)F)cc(C(F)(F)F)c2)c2cc(C(F)(F)F)cc(C(F)(F)F)c2)cc(C(F)(F)F)c1.O=C(C[S+](c1cc2cccccc-2c1)c1cc2cccccc-2c1)c1ccccc1. The highest BCUT2D eigenvalue weighted by atomic mass is 32.2. The van der Waals surface area contributed by atoms with Crippen LogP contribution < -0.4 is 21.9 Å². The molecular weight excluding hydrogens is 1240 g/mol. The lowest BCUT2D eigenvalue weighted by atomic mass is 9.12. The normalized spacial score (nSPS) is 13.3. The molecule has 0 amide bonds. The Hall–Kier alpha value is -8.10. The molecule has 0 unspecified atom stereocenters. The summed E-state index contributed by atoms with van der Waals surface area (Å²) in [4.78, 5) is 15.6. The van der Waals surface area contributed by atoms with Gasteiger partial charge in [0.05, 0.1) is 55.4 Å². The van der Waals surface area contributed by atoms with Gasteiger partial charge in [-0.25, -0.2) is 0 Å². The summed E-state index contributed by atoms with van der Waals surface area (Å²) in [5, 5.41) is 0. The van der Waals surface area contributed by atoms with E-state index in [4.69, 9.17) is 0 Å². The topological polar surface area (TPSA) is 17.1 Å². The molecule has 0 atom stereocenters. The fourth-order valence-corrected chi connectivity index (χ4v) is 12.0. The zero-order valence-electron chi connectivity index (χ0n) is 43.1. The molecule has 87 heavy (non-hydrogen) atoms. The number of fused-ring (bicyclic) bond motifs is 2. The summed E-state index contributed by atoms with van der Waals surface area (Å²) in [5.41, 5.74) is -24.6. The highest BCUT2D eigenvalue weighted by molar-refractivity contribution is 7.97. The van der Waals surface area contributed by atoms with Gasteiger partial charge in [-0.3, -0.25) is 4.79 Å². The van der Waals surface area contributed by atoms with E-state index in [0.29, 0.717) is 5.75 Å². The summed E-state index contributed by atoms with van der Waals surface area (Å²) < 4.78 is 341. The van der Waals surface area contributed by atoms with Gasteiger partial charge in [0.25, 0.3) is 0 Å². The molecule has 0 spiro atoms. The van der Waals surface area contributed by atoms with E-state index in [9.17, 15) is 110 Å². The summed E-state index contributed by atoms with van der Waals surface area (Å²) in [5.74, 6) is 0.667. The molecule has 27 heteroatoms. The van der Waals surface area contributed by atoms with Crippen LogP contribution in [0.5, 0.6) is 0 Å². The third-order valence-corrected chi connectivity index (χ3v) is 15.9. The minimum atomic E-state index is -6.13. The summed E-state index contributed by atoms with van der Waals surface area (Å²) in [6.07, 6.45) is -54.8. The number of hydrogen-bond donors (Lipinski definition) is 0. The summed E-state index contributed by atoms with van der Waals surface area (Å²) >= 11 is 0. The molecular formula is C60H33BF24OS. The second kappa shape index (κ2) is 23.2. The van der Waals surface area contributed by atoms with Gasteiger partial charge < -0.3 is 0 Å². The van der Waals surface area contributed by atoms with E-state index in [1.54, 1.807) is 0 Å². The van der Waals surface area contributed by atoms with Gasteiger partial charge in [0.2, 0.25) is 5.78 Å². The van der Waals surface area contributed by atoms with E-state index in [2.05, 4.69) is 72.8 Å². The lowest BCUT2D eigenvalue weighted by Gasteiger charge is -2.46. The maximum atomic E-state index is 14.2. The van der Waals surface area contributed by atoms with E-state index in [1.165, 1.54) is 32.0 Å². The van der Waals surface area contributed by atoms with Crippen LogP contribution in [0, 0.1) is 0 Å². The van der Waals surface area contributed by atoms with E-state index in [0.717, 1.165) is 5.56 Å². The van der Waals surface area contributed by atoms with E-state index < -0.39 is 195 Å². The average Bonchev–Trinajstić information content (AvgIpc) is 1.35. The lowest BCUT2D eigenvalue weighted by Crippen LogP contribution is -2.75. The van der Waals surface area contributed by atoms with Crippen molar-refractivity contribution in [1.82, 2.24) is 0 Å². The Morgan fingerprint density at radius 1 is 0.276 bits per heavy atom. The first-order chi connectivity index (χ1) is 40.0. The molecule has 9 rings (SSSR count). The third kappa shape index (κ3) is 14.5. The average molecular weight is 1270 g/mol. The van der Waals surface area contributed by atoms with Crippen LogP contribution in [0.25, 0.3) is 22.3 Å². The standard InChI is InChI=1S/C32H12BF24.C28H21OS/c34-25(35,36)13-1-14(26(37,38)39)6-21(5-13)33(22-7-15(27(40,41)42)2-16(8-22)28(43,44)45,23-9-17(29(46,47)48)3-18(10-23)30(49,50)51)24-11-19(31(52,53)54)4-20(12-24)32(55,56)57;29-28(21-10-4-1-5-11-21)20-30(26-16-22-12-6-2-7-13-23(22)17-26)27-18-24-14-8-3-9-15-25(24)19-27/h1-12H;1-19H,20H2/q-1;+1. The van der Waals surface area contributed by atoms with Crippen LogP contribution in [0.4, 0.5) is 105 Å². The molecule has 0 fully saturated rings. The smallest absolute Gasteiger partial charge is 0.289 e. The molecule has 0 heterocycles. The molecule has 5 aromatic rings.